The van der Waals surface area contributed by atoms with Gasteiger partial charge in [-0.3, -0.25) is 4.98 Å². The highest BCUT2D eigenvalue weighted by Crippen LogP contribution is 2.32. The fourth-order valence-electron chi connectivity index (χ4n) is 4.23. The molecule has 0 fully saturated rings. The molecular weight excluding hydrogens is 437 g/mol. The van der Waals surface area contributed by atoms with Gasteiger partial charge in [0.05, 0.1) is 5.69 Å². The summed E-state index contributed by atoms with van der Waals surface area (Å²) in [5, 5.41) is 0. The van der Waals surface area contributed by atoms with Crippen molar-refractivity contribution in [3.63, 3.8) is 0 Å². The Morgan fingerprint density at radius 1 is 0.857 bits per heavy atom. The van der Waals surface area contributed by atoms with Gasteiger partial charge in [-0.1, -0.05) is 94.8 Å². The maximum absolute atomic E-state index is 14.9. The van der Waals surface area contributed by atoms with Crippen LogP contribution in [-0.2, 0) is 11.2 Å². The first kappa shape index (κ1) is 26.6. The molecule has 0 aliphatic carbocycles. The number of hydrogen-bond donors (Lipinski definition) is 0. The van der Waals surface area contributed by atoms with Gasteiger partial charge >= 0.3 is 5.97 Å². The molecule has 0 bridgehead atoms. The number of esters is 1. The summed E-state index contributed by atoms with van der Waals surface area (Å²) in [6.45, 7) is 5.65. The summed E-state index contributed by atoms with van der Waals surface area (Å²) >= 11 is 0. The number of alkyl halides is 1. The van der Waals surface area contributed by atoms with Gasteiger partial charge < -0.3 is 4.74 Å². The normalized spacial score (nSPS) is 12.8. The van der Waals surface area contributed by atoms with Crippen molar-refractivity contribution in [1.82, 2.24) is 4.98 Å². The summed E-state index contributed by atoms with van der Waals surface area (Å²) < 4.78 is 20.3. The van der Waals surface area contributed by atoms with E-state index in [1.165, 1.54) is 31.7 Å². The van der Waals surface area contributed by atoms with Crippen molar-refractivity contribution in [1.29, 1.82) is 0 Å². The molecule has 0 saturated heterocycles. The van der Waals surface area contributed by atoms with Gasteiger partial charge in [0.2, 0.25) is 5.67 Å². The number of rotatable bonds is 13. The highest BCUT2D eigenvalue weighted by Gasteiger charge is 2.34. The molecule has 3 nitrogen and oxygen atoms in total. The Bertz CT molecular complexity index is 1060. The minimum Gasteiger partial charge on any atom is -0.424 e. The lowest BCUT2D eigenvalue weighted by Crippen LogP contribution is -2.34. The van der Waals surface area contributed by atoms with Gasteiger partial charge in [0, 0.05) is 11.8 Å². The lowest BCUT2D eigenvalue weighted by Gasteiger charge is -2.18. The van der Waals surface area contributed by atoms with Gasteiger partial charge in [0.25, 0.3) is 0 Å². The van der Waals surface area contributed by atoms with Crippen molar-refractivity contribution < 1.29 is 13.9 Å². The van der Waals surface area contributed by atoms with E-state index in [0.717, 1.165) is 48.1 Å². The number of aryl methyl sites for hydroxylation is 1. The first-order chi connectivity index (χ1) is 16.9. The summed E-state index contributed by atoms with van der Waals surface area (Å²) in [7, 11) is 0. The smallest absolute Gasteiger partial charge is 0.348 e. The number of ether oxygens (including phenoxy) is 1. The van der Waals surface area contributed by atoms with Gasteiger partial charge in [-0.05, 0) is 61.1 Å². The van der Waals surface area contributed by atoms with Crippen LogP contribution in [0, 0.1) is 0 Å². The van der Waals surface area contributed by atoms with E-state index >= 15 is 0 Å². The number of hydrogen-bond acceptors (Lipinski definition) is 3. The standard InChI is InChI=1S/C31H38FNO2/c1-4-6-7-8-9-12-22-31(3,32)30(34)35-26-19-17-25(18-20-26)27-14-10-11-15-28(27)29-21-16-24(13-5-2)23-33-29/h10-11,14-21,23H,4-9,12-13,22H2,1-3H3. The molecule has 0 aliphatic heterocycles. The monoisotopic (exact) mass is 475 g/mol. The highest BCUT2D eigenvalue weighted by atomic mass is 19.1. The third-order valence-electron chi connectivity index (χ3n) is 6.37. The quantitative estimate of drug-likeness (QED) is 0.141. The Kier molecular flexibility index (Phi) is 10.0. The van der Waals surface area contributed by atoms with Crippen molar-refractivity contribution in [3.05, 3.63) is 72.4 Å². The van der Waals surface area contributed by atoms with Crippen LogP contribution in [0.2, 0.25) is 0 Å². The number of aromatic nitrogens is 1. The molecule has 0 aliphatic rings. The van der Waals surface area contributed by atoms with E-state index in [2.05, 4.69) is 43.1 Å². The molecule has 186 valence electrons. The second-order valence-corrected chi connectivity index (χ2v) is 9.48. The van der Waals surface area contributed by atoms with Gasteiger partial charge in [0.15, 0.2) is 0 Å². The molecule has 0 N–H and O–H groups in total. The molecule has 1 heterocycles. The zero-order valence-corrected chi connectivity index (χ0v) is 21.4. The number of carbonyl (C=O) groups is 1. The van der Waals surface area contributed by atoms with E-state index in [1.54, 1.807) is 12.1 Å². The summed E-state index contributed by atoms with van der Waals surface area (Å²) in [6.07, 6.45) is 10.5. The summed E-state index contributed by atoms with van der Waals surface area (Å²) in [5.74, 6) is -0.472. The van der Waals surface area contributed by atoms with E-state index in [0.29, 0.717) is 12.2 Å². The van der Waals surface area contributed by atoms with E-state index < -0.39 is 11.6 Å². The molecular formula is C31H38FNO2. The Morgan fingerprint density at radius 2 is 1.54 bits per heavy atom. The van der Waals surface area contributed by atoms with Crippen LogP contribution in [0.1, 0.15) is 77.7 Å². The van der Waals surface area contributed by atoms with Gasteiger partial charge in [-0.25, -0.2) is 9.18 Å². The van der Waals surface area contributed by atoms with Crippen molar-refractivity contribution >= 4 is 5.97 Å². The molecule has 0 saturated carbocycles. The number of benzene rings is 2. The lowest BCUT2D eigenvalue weighted by atomic mass is 9.97. The van der Waals surface area contributed by atoms with Crippen LogP contribution >= 0.6 is 0 Å². The van der Waals surface area contributed by atoms with Crippen molar-refractivity contribution in [2.75, 3.05) is 0 Å². The zero-order chi connectivity index (χ0) is 25.1. The van der Waals surface area contributed by atoms with Crippen LogP contribution in [0.5, 0.6) is 5.75 Å². The lowest BCUT2D eigenvalue weighted by molar-refractivity contribution is -0.147. The Balaban J connectivity index is 1.65. The Morgan fingerprint density at radius 3 is 2.20 bits per heavy atom. The predicted molar refractivity (Wildman–Crippen MR) is 142 cm³/mol. The summed E-state index contributed by atoms with van der Waals surface area (Å²) in [5.41, 5.74) is 3.23. The average molecular weight is 476 g/mol. The van der Waals surface area contributed by atoms with Crippen molar-refractivity contribution in [2.45, 2.75) is 84.2 Å². The number of nitrogens with zero attached hydrogens (tertiary/aromatic N) is 1. The largest absolute Gasteiger partial charge is 0.424 e. The third-order valence-corrected chi connectivity index (χ3v) is 6.37. The number of unbranched alkanes of at least 4 members (excludes halogenated alkanes) is 5. The van der Waals surface area contributed by atoms with Crippen molar-refractivity contribution in [2.24, 2.45) is 0 Å². The van der Waals surface area contributed by atoms with E-state index in [4.69, 9.17) is 4.74 Å². The molecule has 3 aromatic rings. The fourth-order valence-corrected chi connectivity index (χ4v) is 4.23. The van der Waals surface area contributed by atoms with Gasteiger partial charge in [0.1, 0.15) is 5.75 Å². The van der Waals surface area contributed by atoms with Gasteiger partial charge in [-0.15, -0.1) is 0 Å². The number of halogens is 1. The van der Waals surface area contributed by atoms with Crippen LogP contribution in [0.15, 0.2) is 66.9 Å². The average Bonchev–Trinajstić information content (AvgIpc) is 2.87. The first-order valence-corrected chi connectivity index (χ1v) is 13.0. The summed E-state index contributed by atoms with van der Waals surface area (Å²) in [4.78, 5) is 17.1. The Labute approximate surface area is 209 Å². The van der Waals surface area contributed by atoms with Crippen LogP contribution in [0.25, 0.3) is 22.4 Å². The van der Waals surface area contributed by atoms with E-state index in [-0.39, 0.29) is 6.42 Å². The number of pyridine rings is 1. The third kappa shape index (κ3) is 7.74. The molecule has 0 radical (unpaired) electrons. The second kappa shape index (κ2) is 13.2. The zero-order valence-electron chi connectivity index (χ0n) is 21.4. The molecule has 3 rings (SSSR count). The van der Waals surface area contributed by atoms with E-state index in [9.17, 15) is 9.18 Å². The molecule has 1 atom stereocenters. The predicted octanol–water partition coefficient (Wildman–Crippen LogP) is 8.75. The SMILES string of the molecule is CCCCCCCCC(C)(F)C(=O)Oc1ccc(-c2ccccc2-c2ccc(CCC)cn2)cc1. The molecule has 1 unspecified atom stereocenters. The highest BCUT2D eigenvalue weighted by molar-refractivity contribution is 5.83. The maximum Gasteiger partial charge on any atom is 0.348 e. The molecule has 35 heavy (non-hydrogen) atoms. The minimum absolute atomic E-state index is 0.188. The summed E-state index contributed by atoms with van der Waals surface area (Å²) in [6, 6.07) is 19.5. The van der Waals surface area contributed by atoms with Crippen molar-refractivity contribution in [3.8, 4) is 28.1 Å². The van der Waals surface area contributed by atoms with Crippen LogP contribution in [-0.4, -0.2) is 16.6 Å². The molecule has 0 amide bonds. The number of carbonyl (C=O) groups excluding carboxylic acids is 1. The molecule has 0 spiro atoms. The topological polar surface area (TPSA) is 39.2 Å². The Hall–Kier alpha value is -3.01. The minimum atomic E-state index is -1.98. The molecule has 1 aromatic heterocycles. The van der Waals surface area contributed by atoms with Gasteiger partial charge in [-0.2, -0.15) is 0 Å². The van der Waals surface area contributed by atoms with E-state index in [1.807, 2.05) is 30.5 Å². The molecule has 2 aromatic carbocycles. The van der Waals surface area contributed by atoms with Crippen LogP contribution < -0.4 is 4.74 Å². The van der Waals surface area contributed by atoms with Crippen LogP contribution in [0.3, 0.4) is 0 Å². The maximum atomic E-state index is 14.9. The van der Waals surface area contributed by atoms with Crippen LogP contribution in [0.4, 0.5) is 4.39 Å². The first-order valence-electron chi connectivity index (χ1n) is 13.0. The molecule has 4 heteroatoms. The fraction of sp³-hybridized carbons (Fsp3) is 0.419. The second-order valence-electron chi connectivity index (χ2n) is 9.48.